The molecule has 6 heteroatoms. The van der Waals surface area contributed by atoms with E-state index < -0.39 is 0 Å². The molecule has 1 heterocycles. The molecule has 0 N–H and O–H groups in total. The SMILES string of the molecule is C1=CC(c2ccccc2)=c2ccccc2=1.C1CCC([P-]C2CCCCC2)CC1.Cc1cc(C)c(N2[CH]N(c3c(C)cc(C)cc3C)CC2)c(C)c1.[Cl-].[Cl-].[Ru+3]. The van der Waals surface area contributed by atoms with Crippen molar-refractivity contribution in [2.75, 3.05) is 22.9 Å². The number of halogens is 2. The zero-order valence-electron chi connectivity index (χ0n) is 33.3. The molecular formula is C48H59Cl2N2PRu. The van der Waals surface area contributed by atoms with Crippen LogP contribution in [0.2, 0.25) is 0 Å². The van der Waals surface area contributed by atoms with Crippen molar-refractivity contribution in [3.05, 3.63) is 141 Å². The average Bonchev–Trinajstić information content (AvgIpc) is 3.77. The van der Waals surface area contributed by atoms with Crippen LogP contribution < -0.4 is 45.1 Å². The molecule has 288 valence electrons. The summed E-state index contributed by atoms with van der Waals surface area (Å²) < 4.78 is 0. The molecule has 1 saturated heterocycles. The van der Waals surface area contributed by atoms with Crippen LogP contribution >= 0.6 is 8.58 Å². The molecule has 3 aliphatic carbocycles. The minimum absolute atomic E-state index is 0. The smallest absolute Gasteiger partial charge is 1.00 e. The zero-order chi connectivity index (χ0) is 35.7. The molecule has 2 saturated carbocycles. The number of hydrogen-bond donors (Lipinski definition) is 0. The fourth-order valence-corrected chi connectivity index (χ4v) is 10.7. The molecule has 4 aromatic rings. The first-order valence-corrected chi connectivity index (χ1v) is 20.7. The van der Waals surface area contributed by atoms with Crippen LogP contribution in [0.15, 0.2) is 84.9 Å². The Morgan fingerprint density at radius 1 is 0.556 bits per heavy atom. The molecule has 0 bridgehead atoms. The molecular weight excluding hydrogens is 807 g/mol. The minimum Gasteiger partial charge on any atom is -1.00 e. The quantitative estimate of drug-likeness (QED) is 0.196. The molecule has 1 aliphatic heterocycles. The third kappa shape index (κ3) is 12.1. The van der Waals surface area contributed by atoms with Gasteiger partial charge in [-0.1, -0.05) is 148 Å². The first-order valence-electron chi connectivity index (χ1n) is 19.6. The first kappa shape index (κ1) is 46.0. The standard InChI is InChI=1S/C21H27N2.C15H10.C12H22P.2ClH.Ru/c1-14-9-16(3)20(17(4)10-14)22-7-8-23(13-22)21-18(5)11-15(2)12-19(21)6;1-2-6-12(7-3-1)15-11-10-13-8-4-5-9-14(13)15;1-3-7-11(8-4-1)13-12-9-5-2-6-10-12;;;/h9-13H,7-8H2,1-6H3;1-9,11H;11-12H,1-10H2;2*1H;/q;;-1;;;+3/p-2. The van der Waals surface area contributed by atoms with E-state index in [1.54, 1.807) is 0 Å². The Morgan fingerprint density at radius 3 is 1.44 bits per heavy atom. The average molecular weight is 867 g/mol. The number of anilines is 2. The van der Waals surface area contributed by atoms with Gasteiger partial charge in [0.2, 0.25) is 0 Å². The zero-order valence-corrected chi connectivity index (χ0v) is 37.4. The molecule has 54 heavy (non-hydrogen) atoms. The van der Waals surface area contributed by atoms with E-state index >= 15 is 0 Å². The summed E-state index contributed by atoms with van der Waals surface area (Å²) >= 11 is 0. The van der Waals surface area contributed by atoms with Crippen molar-refractivity contribution in [1.29, 1.82) is 0 Å². The Morgan fingerprint density at radius 2 is 0.981 bits per heavy atom. The summed E-state index contributed by atoms with van der Waals surface area (Å²) in [4.78, 5) is 4.81. The Balaban J connectivity index is 0.000000222. The maximum Gasteiger partial charge on any atom is 3.00 e. The normalized spacial score (nSPS) is 16.4. The number of aryl methyl sites for hydroxylation is 6. The third-order valence-electron chi connectivity index (χ3n) is 11.0. The molecule has 2 nitrogen and oxygen atoms in total. The number of hydrogen-bond acceptors (Lipinski definition) is 2. The molecule has 0 spiro atoms. The van der Waals surface area contributed by atoms with Crippen molar-refractivity contribution in [3.8, 4) is 0 Å². The van der Waals surface area contributed by atoms with Crippen molar-refractivity contribution in [3.63, 3.8) is 0 Å². The molecule has 0 amide bonds. The van der Waals surface area contributed by atoms with Gasteiger partial charge < -0.3 is 43.2 Å². The summed E-state index contributed by atoms with van der Waals surface area (Å²) in [5, 5.41) is 2.47. The van der Waals surface area contributed by atoms with Crippen LogP contribution in [-0.4, -0.2) is 24.4 Å². The van der Waals surface area contributed by atoms with Crippen molar-refractivity contribution in [1.82, 2.24) is 0 Å². The number of allylic oxidation sites excluding steroid dienone is 1. The van der Waals surface area contributed by atoms with Crippen LogP contribution in [0.5, 0.6) is 0 Å². The van der Waals surface area contributed by atoms with Gasteiger partial charge in [-0.15, -0.1) is 5.73 Å². The van der Waals surface area contributed by atoms with Crippen molar-refractivity contribution in [2.24, 2.45) is 0 Å². The monoisotopic (exact) mass is 866 g/mol. The predicted molar refractivity (Wildman–Crippen MR) is 224 cm³/mol. The molecule has 0 aromatic heterocycles. The third-order valence-corrected chi connectivity index (χ3v) is 12.8. The minimum atomic E-state index is 0. The summed E-state index contributed by atoms with van der Waals surface area (Å²) in [6.07, 6.45) is 17.3. The summed E-state index contributed by atoms with van der Waals surface area (Å²) in [7, 11) is 1.84. The van der Waals surface area contributed by atoms with Crippen LogP contribution in [0, 0.1) is 48.2 Å². The van der Waals surface area contributed by atoms with E-state index in [4.69, 9.17) is 0 Å². The van der Waals surface area contributed by atoms with Gasteiger partial charge in [0, 0.05) is 29.7 Å². The van der Waals surface area contributed by atoms with Crippen molar-refractivity contribution >= 4 is 31.3 Å². The molecule has 2 radical (unpaired) electrons. The van der Waals surface area contributed by atoms with Crippen LogP contribution in [0.1, 0.15) is 103 Å². The Hall–Kier alpha value is -2.37. The largest absolute Gasteiger partial charge is 3.00 e. The second kappa shape index (κ2) is 22.4. The van der Waals surface area contributed by atoms with Crippen LogP contribution in [0.3, 0.4) is 0 Å². The van der Waals surface area contributed by atoms with Gasteiger partial charge in [-0.2, -0.15) is 11.3 Å². The van der Waals surface area contributed by atoms with E-state index in [2.05, 4.69) is 137 Å². The van der Waals surface area contributed by atoms with E-state index in [-0.39, 0.29) is 44.3 Å². The topological polar surface area (TPSA) is 6.48 Å². The summed E-state index contributed by atoms with van der Waals surface area (Å²) in [6.45, 7) is 17.6. The predicted octanol–water partition coefficient (Wildman–Crippen LogP) is 5.42. The van der Waals surface area contributed by atoms with E-state index in [1.165, 1.54) is 131 Å². The fourth-order valence-electron chi connectivity index (χ4n) is 8.78. The van der Waals surface area contributed by atoms with Gasteiger partial charge in [0.15, 0.2) is 0 Å². The Kier molecular flexibility index (Phi) is 19.1. The Labute approximate surface area is 354 Å². The molecule has 4 aromatic carbocycles. The van der Waals surface area contributed by atoms with Gasteiger partial charge in [0.25, 0.3) is 0 Å². The van der Waals surface area contributed by atoms with Gasteiger partial charge in [-0.25, -0.2) is 0 Å². The van der Waals surface area contributed by atoms with Crippen LogP contribution in [-0.2, 0) is 19.5 Å². The van der Waals surface area contributed by atoms with Crippen molar-refractivity contribution in [2.45, 2.75) is 117 Å². The van der Waals surface area contributed by atoms with Gasteiger partial charge >= 0.3 is 19.5 Å². The molecule has 0 atom stereocenters. The van der Waals surface area contributed by atoms with Gasteiger partial charge in [-0.05, 0) is 92.3 Å². The molecule has 8 rings (SSSR count). The summed E-state index contributed by atoms with van der Waals surface area (Å²) in [6, 6.07) is 27.9. The number of nitrogens with zero attached hydrogens (tertiary/aromatic N) is 2. The van der Waals surface area contributed by atoms with Gasteiger partial charge in [-0.3, -0.25) is 0 Å². The molecule has 3 fully saturated rings. The van der Waals surface area contributed by atoms with Gasteiger partial charge in [0.05, 0.1) is 0 Å². The molecule has 4 aliphatic rings. The summed E-state index contributed by atoms with van der Waals surface area (Å²) in [5.41, 5.74) is 18.8. The van der Waals surface area contributed by atoms with E-state index in [0.29, 0.717) is 0 Å². The summed E-state index contributed by atoms with van der Waals surface area (Å²) in [5.74, 6) is 0. The van der Waals surface area contributed by atoms with E-state index in [1.807, 2.05) is 20.7 Å². The van der Waals surface area contributed by atoms with Crippen molar-refractivity contribution < 1.29 is 44.3 Å². The van der Waals surface area contributed by atoms with E-state index in [9.17, 15) is 0 Å². The number of fused-ring (bicyclic) bond motifs is 1. The molecule has 0 unspecified atom stereocenters. The van der Waals surface area contributed by atoms with E-state index in [0.717, 1.165) is 24.4 Å². The second-order valence-corrected chi connectivity index (χ2v) is 17.1. The fraction of sp³-hybridized carbons (Fsp3) is 0.417. The van der Waals surface area contributed by atoms with Crippen LogP contribution in [0.25, 0.3) is 11.3 Å². The first-order chi connectivity index (χ1) is 24.8. The number of benzene rings is 4. The second-order valence-electron chi connectivity index (χ2n) is 15.3. The number of rotatable bonds is 5. The Bertz CT molecular complexity index is 1820. The van der Waals surface area contributed by atoms with Gasteiger partial charge in [0.1, 0.15) is 6.67 Å². The maximum absolute atomic E-state index is 3.29. The maximum atomic E-state index is 3.29. The van der Waals surface area contributed by atoms with Crippen LogP contribution in [0.4, 0.5) is 11.4 Å².